The molecule has 2 rings (SSSR count). The number of hydrogen-bond donors (Lipinski definition) is 0. The number of hydrogen-bond acceptors (Lipinski definition) is 4. The summed E-state index contributed by atoms with van der Waals surface area (Å²) in [5.74, 6) is 0. The van der Waals surface area contributed by atoms with Crippen molar-refractivity contribution in [2.75, 3.05) is 4.43 Å². The largest absolute Gasteiger partial charge is 0.413 e. The van der Waals surface area contributed by atoms with Gasteiger partial charge in [-0.3, -0.25) is 4.18 Å². The Hall–Kier alpha value is -0.743. The minimum Gasteiger partial charge on any atom is -0.413 e. The van der Waals surface area contributed by atoms with Crippen LogP contribution in [0.15, 0.2) is 59.5 Å². The van der Waals surface area contributed by atoms with Gasteiger partial charge < -0.3 is 4.43 Å². The third-order valence-electron chi connectivity index (χ3n) is 5.72. The molecule has 4 nitrogen and oxygen atoms in total. The van der Waals surface area contributed by atoms with Crippen molar-refractivity contribution in [2.45, 2.75) is 69.4 Å². The smallest absolute Gasteiger partial charge is 0.297 e. The highest BCUT2D eigenvalue weighted by atomic mass is 127. The molecule has 0 radical (unpaired) electrons. The van der Waals surface area contributed by atoms with E-state index in [1.165, 1.54) is 0 Å². The van der Waals surface area contributed by atoms with Gasteiger partial charge in [-0.25, -0.2) is 0 Å². The SMILES string of the molecule is CC[Si](CC)(CC)O[C@H](CI)CC(OS(=O)(=O)c1ccc(C)cc1)c1ccccc1. The number of alkyl halides is 1. The van der Waals surface area contributed by atoms with Gasteiger partial charge in [-0.05, 0) is 42.8 Å². The molecule has 0 aliphatic heterocycles. The molecule has 2 aromatic carbocycles. The second kappa shape index (κ2) is 11.8. The van der Waals surface area contributed by atoms with E-state index in [2.05, 4.69) is 43.4 Å². The molecule has 0 aromatic heterocycles. The topological polar surface area (TPSA) is 52.6 Å². The lowest BCUT2D eigenvalue weighted by atomic mass is 10.0. The van der Waals surface area contributed by atoms with Crippen LogP contribution in [0.2, 0.25) is 18.1 Å². The quantitative estimate of drug-likeness (QED) is 0.126. The maximum absolute atomic E-state index is 13.0. The van der Waals surface area contributed by atoms with Crippen LogP contribution in [0.3, 0.4) is 0 Å². The Morgan fingerprint density at radius 3 is 2.00 bits per heavy atom. The molecule has 0 saturated heterocycles. The highest BCUT2D eigenvalue weighted by Crippen LogP contribution is 2.32. The number of benzene rings is 2. The molecular weight excluding hydrogens is 527 g/mol. The molecule has 2 atom stereocenters. The average Bonchev–Trinajstić information content (AvgIpc) is 2.77. The van der Waals surface area contributed by atoms with Crippen LogP contribution in [0.25, 0.3) is 0 Å². The van der Waals surface area contributed by atoms with Crippen LogP contribution in [-0.4, -0.2) is 27.3 Å². The van der Waals surface area contributed by atoms with Crippen LogP contribution in [-0.2, 0) is 18.7 Å². The summed E-state index contributed by atoms with van der Waals surface area (Å²) in [5, 5.41) is 0. The summed E-state index contributed by atoms with van der Waals surface area (Å²) >= 11 is 2.34. The summed E-state index contributed by atoms with van der Waals surface area (Å²) in [6.45, 7) is 8.54. The molecule has 2 aromatic rings. The molecule has 0 spiro atoms. The third kappa shape index (κ3) is 6.88. The molecule has 0 N–H and O–H groups in total. The summed E-state index contributed by atoms with van der Waals surface area (Å²) in [6.07, 6.45) is -0.127. The molecule has 1 unspecified atom stereocenters. The molecule has 7 heteroatoms. The average molecular weight is 561 g/mol. The van der Waals surface area contributed by atoms with Gasteiger partial charge >= 0.3 is 0 Å². The maximum atomic E-state index is 13.0. The standard InChI is InChI=1S/C23H33IO4SSi/c1-5-30(6-2,7-3)28-21(18-24)17-23(20-11-9-8-10-12-20)27-29(25,26)22-15-13-19(4)14-16-22/h8-16,21,23H,5-7,17-18H2,1-4H3/t21-,23?/m0/s1. The Balaban J connectivity index is 2.30. The van der Waals surface area contributed by atoms with Crippen molar-refractivity contribution in [3.63, 3.8) is 0 Å². The van der Waals surface area contributed by atoms with Gasteiger partial charge in [-0.1, -0.05) is 91.4 Å². The lowest BCUT2D eigenvalue weighted by Crippen LogP contribution is -2.41. The van der Waals surface area contributed by atoms with Gasteiger partial charge in [0, 0.05) is 10.8 Å². The zero-order valence-corrected chi connectivity index (χ0v) is 22.3. The zero-order chi connectivity index (χ0) is 22.2. The van der Waals surface area contributed by atoms with Gasteiger partial charge in [0.2, 0.25) is 0 Å². The van der Waals surface area contributed by atoms with Crippen LogP contribution >= 0.6 is 22.6 Å². The zero-order valence-electron chi connectivity index (χ0n) is 18.3. The van der Waals surface area contributed by atoms with Crippen molar-refractivity contribution >= 4 is 41.0 Å². The molecule has 0 heterocycles. The number of aryl methyl sites for hydroxylation is 1. The van der Waals surface area contributed by atoms with Crippen LogP contribution in [0.1, 0.15) is 44.4 Å². The van der Waals surface area contributed by atoms with Gasteiger partial charge in [-0.2, -0.15) is 8.42 Å². The van der Waals surface area contributed by atoms with E-state index in [9.17, 15) is 8.42 Å². The van der Waals surface area contributed by atoms with Crippen molar-refractivity contribution in [3.05, 3.63) is 65.7 Å². The van der Waals surface area contributed by atoms with Crippen molar-refractivity contribution in [1.29, 1.82) is 0 Å². The van der Waals surface area contributed by atoms with Crippen molar-refractivity contribution in [3.8, 4) is 0 Å². The molecule has 0 aliphatic carbocycles. The Morgan fingerprint density at radius 1 is 0.933 bits per heavy atom. The van der Waals surface area contributed by atoms with Crippen LogP contribution in [0.4, 0.5) is 0 Å². The fraction of sp³-hybridized carbons (Fsp3) is 0.478. The van der Waals surface area contributed by atoms with E-state index in [1.807, 2.05) is 37.3 Å². The summed E-state index contributed by atoms with van der Waals surface area (Å²) in [4.78, 5) is 0.181. The Morgan fingerprint density at radius 2 is 1.50 bits per heavy atom. The number of halogens is 1. The molecule has 0 fully saturated rings. The molecule has 0 aliphatic rings. The van der Waals surface area contributed by atoms with E-state index in [0.717, 1.165) is 33.7 Å². The highest BCUT2D eigenvalue weighted by molar-refractivity contribution is 14.1. The Kier molecular flexibility index (Phi) is 10.00. The maximum Gasteiger partial charge on any atom is 0.297 e. The van der Waals surface area contributed by atoms with Crippen molar-refractivity contribution < 1.29 is 17.0 Å². The van der Waals surface area contributed by atoms with Crippen molar-refractivity contribution in [1.82, 2.24) is 0 Å². The van der Waals surface area contributed by atoms with Crippen LogP contribution in [0.5, 0.6) is 0 Å². The lowest BCUT2D eigenvalue weighted by Gasteiger charge is -2.34. The molecule has 0 amide bonds. The van der Waals surface area contributed by atoms with E-state index < -0.39 is 24.5 Å². The van der Waals surface area contributed by atoms with Crippen LogP contribution in [0, 0.1) is 6.92 Å². The summed E-state index contributed by atoms with van der Waals surface area (Å²) in [6, 6.07) is 19.5. The minimum atomic E-state index is -3.89. The summed E-state index contributed by atoms with van der Waals surface area (Å²) in [7, 11) is -5.69. The first kappa shape index (κ1) is 25.5. The second-order valence-electron chi connectivity index (χ2n) is 7.64. The Bertz CT molecular complexity index is 860. The van der Waals surface area contributed by atoms with Gasteiger partial charge in [0.15, 0.2) is 8.32 Å². The van der Waals surface area contributed by atoms with Gasteiger partial charge in [0.05, 0.1) is 11.0 Å². The monoisotopic (exact) mass is 560 g/mol. The van der Waals surface area contributed by atoms with E-state index in [1.54, 1.807) is 24.3 Å². The summed E-state index contributed by atoms with van der Waals surface area (Å²) < 4.78 is 39.3. The fourth-order valence-corrected chi connectivity index (χ4v) is 8.39. The van der Waals surface area contributed by atoms with E-state index in [0.29, 0.717) is 6.42 Å². The lowest BCUT2D eigenvalue weighted by molar-refractivity contribution is 0.122. The first-order valence-corrected chi connectivity index (χ1v) is 16.0. The van der Waals surface area contributed by atoms with Gasteiger partial charge in [0.25, 0.3) is 10.1 Å². The fourth-order valence-electron chi connectivity index (χ4n) is 3.55. The first-order chi connectivity index (χ1) is 14.3. The Labute approximate surface area is 196 Å². The second-order valence-corrected chi connectivity index (χ2v) is 14.8. The predicted octanol–water partition coefficient (Wildman–Crippen LogP) is 6.66. The van der Waals surface area contributed by atoms with Crippen LogP contribution < -0.4 is 0 Å². The molecule has 166 valence electrons. The molecule has 0 saturated carbocycles. The van der Waals surface area contributed by atoms with Gasteiger partial charge in [-0.15, -0.1) is 0 Å². The molecule has 0 bridgehead atoms. The highest BCUT2D eigenvalue weighted by Gasteiger charge is 2.34. The summed E-state index contributed by atoms with van der Waals surface area (Å²) in [5.41, 5.74) is 1.86. The van der Waals surface area contributed by atoms with E-state index in [-0.39, 0.29) is 11.0 Å². The van der Waals surface area contributed by atoms with Crippen molar-refractivity contribution in [2.24, 2.45) is 0 Å². The molecular formula is C23H33IO4SSi. The van der Waals surface area contributed by atoms with Gasteiger partial charge in [0.1, 0.15) is 6.10 Å². The van der Waals surface area contributed by atoms with E-state index in [4.69, 9.17) is 8.61 Å². The predicted molar refractivity (Wildman–Crippen MR) is 134 cm³/mol. The molecule has 30 heavy (non-hydrogen) atoms. The number of rotatable bonds is 12. The first-order valence-electron chi connectivity index (χ1n) is 10.6. The van der Waals surface area contributed by atoms with E-state index >= 15 is 0 Å². The third-order valence-corrected chi connectivity index (χ3v) is 12.7. The minimum absolute atomic E-state index is 0.0458. The normalized spacial score (nSPS) is 14.4.